The average Bonchev–Trinajstić information content (AvgIpc) is 2.34. The van der Waals surface area contributed by atoms with Gasteiger partial charge in [0.15, 0.2) is 7.85 Å². The molecule has 0 fully saturated rings. The molecular weight excluding hydrogens is 215 g/mol. The first-order chi connectivity index (χ1) is 8.25. The first-order valence-electron chi connectivity index (χ1n) is 6.06. The molecule has 4 heteroatoms. The fourth-order valence-corrected chi connectivity index (χ4v) is 1.47. The number of hydrogen-bond donors (Lipinski definition) is 0. The van der Waals surface area contributed by atoms with E-state index in [-0.39, 0.29) is 5.68 Å². The summed E-state index contributed by atoms with van der Waals surface area (Å²) >= 11 is 0. The normalized spacial score (nSPS) is 10.2. The second-order valence-corrected chi connectivity index (χ2v) is 3.87. The Balaban J connectivity index is 2.34. The number of benzene rings is 1. The summed E-state index contributed by atoms with van der Waals surface area (Å²) in [6.45, 7) is 4.16. The van der Waals surface area contributed by atoms with Gasteiger partial charge < -0.3 is 14.3 Å². The zero-order chi connectivity index (χ0) is 12.5. The summed E-state index contributed by atoms with van der Waals surface area (Å²) in [5.74, 6) is 0.662. The Morgan fingerprint density at radius 3 is 2.71 bits per heavy atom. The molecule has 0 aliphatic carbocycles. The molecule has 1 rings (SSSR count). The van der Waals surface area contributed by atoms with Crippen molar-refractivity contribution in [2.75, 3.05) is 19.8 Å². The van der Waals surface area contributed by atoms with E-state index < -0.39 is 0 Å². The molecule has 0 aromatic heterocycles. The highest BCUT2D eigenvalue weighted by molar-refractivity contribution is 6.62. The fourth-order valence-electron chi connectivity index (χ4n) is 1.47. The number of hydrogen-bond acceptors (Lipinski definition) is 3. The molecule has 0 atom stereocenters. The molecule has 0 heterocycles. The monoisotopic (exact) mass is 234 g/mol. The predicted molar refractivity (Wildman–Crippen MR) is 70.5 cm³/mol. The maximum Gasteiger partial charge on any atom is 0.193 e. The lowest BCUT2D eigenvalue weighted by Crippen LogP contribution is -2.07. The molecular formula is C13H19BO3. The van der Waals surface area contributed by atoms with Crippen LogP contribution in [0, 0.1) is 0 Å². The lowest BCUT2D eigenvalue weighted by molar-refractivity contribution is 0.107. The van der Waals surface area contributed by atoms with Crippen LogP contribution in [0.1, 0.15) is 30.1 Å². The smallest absolute Gasteiger partial charge is 0.193 e. The Hall–Kier alpha value is -1.29. The Labute approximate surface area is 104 Å². The standard InChI is InChI=1S/C13H19BO3/c1-2-8-16-9-5-10-17-12-7-4-3-6-11(12)13(14)15/h3-4,6-7H,2,5,8-10,14H2,1H3. The van der Waals surface area contributed by atoms with Crippen LogP contribution in [0.4, 0.5) is 0 Å². The molecule has 0 aliphatic heterocycles. The Bertz CT molecular complexity index is 352. The lowest BCUT2D eigenvalue weighted by Gasteiger charge is -2.09. The van der Waals surface area contributed by atoms with Crippen molar-refractivity contribution < 1.29 is 14.3 Å². The molecule has 0 radical (unpaired) electrons. The van der Waals surface area contributed by atoms with Crippen molar-refractivity contribution in [3.05, 3.63) is 29.8 Å². The van der Waals surface area contributed by atoms with Crippen LogP contribution >= 0.6 is 0 Å². The van der Waals surface area contributed by atoms with Crippen molar-refractivity contribution in [3.63, 3.8) is 0 Å². The van der Waals surface area contributed by atoms with Crippen molar-refractivity contribution in [2.24, 2.45) is 0 Å². The summed E-state index contributed by atoms with van der Waals surface area (Å²) in [7, 11) is 1.55. The Morgan fingerprint density at radius 1 is 1.24 bits per heavy atom. The Morgan fingerprint density at radius 2 is 2.00 bits per heavy atom. The summed E-state index contributed by atoms with van der Waals surface area (Å²) in [6.07, 6.45) is 1.88. The number of rotatable bonds is 8. The van der Waals surface area contributed by atoms with Gasteiger partial charge in [-0.05, 0) is 18.6 Å². The molecule has 17 heavy (non-hydrogen) atoms. The van der Waals surface area contributed by atoms with Crippen LogP contribution in [-0.2, 0) is 4.74 Å². The summed E-state index contributed by atoms with van der Waals surface area (Å²) < 4.78 is 10.9. The van der Waals surface area contributed by atoms with Gasteiger partial charge in [0.05, 0.1) is 6.61 Å². The highest BCUT2D eigenvalue weighted by Gasteiger charge is 2.06. The fraction of sp³-hybridized carbons (Fsp3) is 0.462. The third kappa shape index (κ3) is 5.05. The van der Waals surface area contributed by atoms with Gasteiger partial charge in [-0.25, -0.2) is 0 Å². The summed E-state index contributed by atoms with van der Waals surface area (Å²) in [5.41, 5.74) is 0.671. The van der Waals surface area contributed by atoms with E-state index in [1.54, 1.807) is 13.9 Å². The lowest BCUT2D eigenvalue weighted by atomic mass is 9.94. The zero-order valence-corrected chi connectivity index (χ0v) is 10.6. The minimum atomic E-state index is 0.0304. The molecule has 3 nitrogen and oxygen atoms in total. The van der Waals surface area contributed by atoms with Crippen molar-refractivity contribution in [2.45, 2.75) is 19.8 Å². The molecule has 0 aliphatic rings. The Kier molecular flexibility index (Phi) is 6.41. The first-order valence-corrected chi connectivity index (χ1v) is 6.06. The highest BCUT2D eigenvalue weighted by Crippen LogP contribution is 2.17. The van der Waals surface area contributed by atoms with Crippen LogP contribution in [0.15, 0.2) is 24.3 Å². The van der Waals surface area contributed by atoms with E-state index in [1.807, 2.05) is 18.2 Å². The van der Waals surface area contributed by atoms with Crippen molar-refractivity contribution in [3.8, 4) is 5.75 Å². The number of carbonyl (C=O) groups excluding carboxylic acids is 1. The molecule has 0 spiro atoms. The molecule has 92 valence electrons. The topological polar surface area (TPSA) is 35.5 Å². The molecule has 0 unspecified atom stereocenters. The van der Waals surface area contributed by atoms with Gasteiger partial charge in [-0.2, -0.15) is 0 Å². The summed E-state index contributed by atoms with van der Waals surface area (Å²) in [4.78, 5) is 11.3. The van der Waals surface area contributed by atoms with Gasteiger partial charge in [-0.3, -0.25) is 0 Å². The highest BCUT2D eigenvalue weighted by atomic mass is 16.5. The predicted octanol–water partition coefficient (Wildman–Crippen LogP) is 1.66. The van der Waals surface area contributed by atoms with Gasteiger partial charge in [0.25, 0.3) is 0 Å². The largest absolute Gasteiger partial charge is 0.493 e. The van der Waals surface area contributed by atoms with Crippen LogP contribution in [0.25, 0.3) is 0 Å². The molecule has 0 saturated heterocycles. The number of para-hydroxylation sites is 1. The second-order valence-electron chi connectivity index (χ2n) is 3.87. The second kappa shape index (κ2) is 7.90. The van der Waals surface area contributed by atoms with E-state index in [0.717, 1.165) is 19.4 Å². The minimum Gasteiger partial charge on any atom is -0.493 e. The van der Waals surface area contributed by atoms with Gasteiger partial charge in [0.2, 0.25) is 0 Å². The van der Waals surface area contributed by atoms with Crippen LogP contribution < -0.4 is 4.74 Å². The third-order valence-corrected chi connectivity index (χ3v) is 2.31. The van der Waals surface area contributed by atoms with Crippen molar-refractivity contribution >= 4 is 13.5 Å². The van der Waals surface area contributed by atoms with Crippen LogP contribution in [0.2, 0.25) is 0 Å². The molecule has 0 amide bonds. The van der Waals surface area contributed by atoms with Crippen LogP contribution in [-0.4, -0.2) is 33.3 Å². The van der Waals surface area contributed by atoms with E-state index >= 15 is 0 Å². The van der Waals surface area contributed by atoms with Gasteiger partial charge in [-0.15, -0.1) is 0 Å². The van der Waals surface area contributed by atoms with E-state index in [9.17, 15) is 4.79 Å². The zero-order valence-electron chi connectivity index (χ0n) is 10.6. The van der Waals surface area contributed by atoms with Crippen molar-refractivity contribution in [1.82, 2.24) is 0 Å². The molecule has 0 N–H and O–H groups in total. The van der Waals surface area contributed by atoms with E-state index in [1.165, 1.54) is 0 Å². The number of ether oxygens (including phenoxy) is 2. The van der Waals surface area contributed by atoms with E-state index in [0.29, 0.717) is 24.5 Å². The van der Waals surface area contributed by atoms with Crippen LogP contribution in [0.3, 0.4) is 0 Å². The average molecular weight is 234 g/mol. The van der Waals surface area contributed by atoms with Gasteiger partial charge in [0.1, 0.15) is 11.4 Å². The number of carbonyl (C=O) groups is 1. The van der Waals surface area contributed by atoms with Gasteiger partial charge in [0, 0.05) is 25.2 Å². The minimum absolute atomic E-state index is 0.0304. The van der Waals surface area contributed by atoms with Gasteiger partial charge >= 0.3 is 0 Å². The molecule has 1 aromatic carbocycles. The molecule has 1 aromatic rings. The SMILES string of the molecule is BC(=O)c1ccccc1OCCCOCCC. The summed E-state index contributed by atoms with van der Waals surface area (Å²) in [5, 5.41) is 0. The molecule has 0 bridgehead atoms. The summed E-state index contributed by atoms with van der Waals surface area (Å²) in [6, 6.07) is 7.32. The quantitative estimate of drug-likeness (QED) is 0.506. The molecule has 0 saturated carbocycles. The van der Waals surface area contributed by atoms with E-state index in [2.05, 4.69) is 6.92 Å². The maximum atomic E-state index is 11.3. The maximum absolute atomic E-state index is 11.3. The van der Waals surface area contributed by atoms with Crippen molar-refractivity contribution in [1.29, 1.82) is 0 Å². The van der Waals surface area contributed by atoms with E-state index in [4.69, 9.17) is 9.47 Å². The first kappa shape index (κ1) is 13.8. The third-order valence-electron chi connectivity index (χ3n) is 2.31. The van der Waals surface area contributed by atoms with Gasteiger partial charge in [-0.1, -0.05) is 19.1 Å². The van der Waals surface area contributed by atoms with Crippen LogP contribution in [0.5, 0.6) is 5.75 Å².